The molecule has 24 heavy (non-hydrogen) atoms. The highest BCUT2D eigenvalue weighted by atomic mass is 35.5. The zero-order chi connectivity index (χ0) is 17.3. The van der Waals surface area contributed by atoms with Crippen LogP contribution in [0.25, 0.3) is 0 Å². The number of anilines is 1. The summed E-state index contributed by atoms with van der Waals surface area (Å²) in [6.07, 6.45) is 1.78. The summed E-state index contributed by atoms with van der Waals surface area (Å²) in [5.41, 5.74) is 0.256. The Bertz CT molecular complexity index is 774. The van der Waals surface area contributed by atoms with Crippen molar-refractivity contribution in [2.24, 2.45) is 0 Å². The van der Waals surface area contributed by atoms with Gasteiger partial charge in [0.1, 0.15) is 0 Å². The van der Waals surface area contributed by atoms with E-state index >= 15 is 0 Å². The number of hydrogen-bond acceptors (Lipinski definition) is 5. The molecule has 7 nitrogen and oxygen atoms in total. The van der Waals surface area contributed by atoms with Gasteiger partial charge in [-0.05, 0) is 31.0 Å². The van der Waals surface area contributed by atoms with Gasteiger partial charge < -0.3 is 10.1 Å². The molecule has 0 unspecified atom stereocenters. The fourth-order valence-electron chi connectivity index (χ4n) is 2.77. The van der Waals surface area contributed by atoms with Crippen LogP contribution in [0.3, 0.4) is 0 Å². The van der Waals surface area contributed by atoms with Crippen molar-refractivity contribution in [2.75, 3.05) is 23.2 Å². The molecule has 3 rings (SSSR count). The van der Waals surface area contributed by atoms with Crippen LogP contribution >= 0.6 is 11.6 Å². The second-order valence-electron chi connectivity index (χ2n) is 5.74. The van der Waals surface area contributed by atoms with Crippen LogP contribution in [0.15, 0.2) is 18.2 Å². The summed E-state index contributed by atoms with van der Waals surface area (Å²) in [5, 5.41) is 2.85. The number of rotatable bonds is 4. The lowest BCUT2D eigenvalue weighted by Crippen LogP contribution is -2.32. The fourth-order valence-corrected chi connectivity index (χ4v) is 4.49. The van der Waals surface area contributed by atoms with E-state index in [1.165, 1.54) is 18.2 Å². The summed E-state index contributed by atoms with van der Waals surface area (Å²) in [5.74, 6) is -1.17. The Balaban J connectivity index is 1.80. The van der Waals surface area contributed by atoms with E-state index in [4.69, 9.17) is 16.3 Å². The molecule has 0 aromatic heterocycles. The summed E-state index contributed by atoms with van der Waals surface area (Å²) in [4.78, 5) is 24.2. The smallest absolute Gasteiger partial charge is 0.251 e. The van der Waals surface area contributed by atoms with Gasteiger partial charge in [-0.2, -0.15) is 0 Å². The van der Waals surface area contributed by atoms with Crippen molar-refractivity contribution in [1.82, 2.24) is 5.32 Å². The summed E-state index contributed by atoms with van der Waals surface area (Å²) in [7, 11) is -3.73. The van der Waals surface area contributed by atoms with Crippen molar-refractivity contribution < 1.29 is 22.7 Å². The lowest BCUT2D eigenvalue weighted by atomic mass is 10.1. The second kappa shape index (κ2) is 6.70. The molecule has 1 aromatic rings. The molecule has 2 amide bonds. The Morgan fingerprint density at radius 3 is 2.83 bits per heavy atom. The topological polar surface area (TPSA) is 92.8 Å². The second-order valence-corrected chi connectivity index (χ2v) is 8.08. The predicted octanol–water partition coefficient (Wildman–Crippen LogP) is 1.32. The van der Waals surface area contributed by atoms with Crippen LogP contribution in [0, 0.1) is 0 Å². The maximum absolute atomic E-state index is 12.3. The first kappa shape index (κ1) is 17.2. The molecule has 130 valence electrons. The molecule has 0 saturated carbocycles. The largest absolute Gasteiger partial charge is 0.376 e. The Labute approximate surface area is 145 Å². The van der Waals surface area contributed by atoms with Crippen LogP contribution in [-0.2, 0) is 19.6 Å². The van der Waals surface area contributed by atoms with Crippen molar-refractivity contribution in [3.8, 4) is 0 Å². The third-order valence-electron chi connectivity index (χ3n) is 4.02. The maximum Gasteiger partial charge on any atom is 0.251 e. The van der Waals surface area contributed by atoms with Gasteiger partial charge in [-0.1, -0.05) is 11.6 Å². The minimum Gasteiger partial charge on any atom is -0.376 e. The van der Waals surface area contributed by atoms with Crippen LogP contribution in [0.5, 0.6) is 0 Å². The molecule has 0 aliphatic carbocycles. The Morgan fingerprint density at radius 1 is 1.42 bits per heavy atom. The molecule has 2 saturated heterocycles. The molecule has 1 aromatic carbocycles. The van der Waals surface area contributed by atoms with Gasteiger partial charge in [0.2, 0.25) is 15.9 Å². The lowest BCUT2D eigenvalue weighted by molar-refractivity contribution is -0.116. The molecule has 0 radical (unpaired) electrons. The average molecular weight is 373 g/mol. The zero-order valence-electron chi connectivity index (χ0n) is 12.8. The van der Waals surface area contributed by atoms with Crippen LogP contribution < -0.4 is 9.62 Å². The molecular weight excluding hydrogens is 356 g/mol. The molecule has 2 heterocycles. The molecule has 0 bridgehead atoms. The highest BCUT2D eigenvalue weighted by Gasteiger charge is 2.37. The van der Waals surface area contributed by atoms with Crippen molar-refractivity contribution in [1.29, 1.82) is 0 Å². The van der Waals surface area contributed by atoms with Crippen LogP contribution in [0.2, 0.25) is 5.02 Å². The van der Waals surface area contributed by atoms with Crippen LogP contribution in [0.4, 0.5) is 5.69 Å². The van der Waals surface area contributed by atoms with E-state index in [9.17, 15) is 18.0 Å². The third-order valence-corrected chi connectivity index (χ3v) is 6.02. The van der Waals surface area contributed by atoms with E-state index in [1.807, 2.05) is 0 Å². The van der Waals surface area contributed by atoms with E-state index in [0.29, 0.717) is 17.5 Å². The number of nitrogens with zero attached hydrogens (tertiary/aromatic N) is 1. The van der Waals surface area contributed by atoms with Crippen molar-refractivity contribution in [2.45, 2.75) is 25.4 Å². The molecule has 0 spiro atoms. The molecular formula is C15H17ClN2O5S. The summed E-state index contributed by atoms with van der Waals surface area (Å²) < 4.78 is 30.2. The minimum absolute atomic E-state index is 0.00117. The number of benzene rings is 1. The zero-order valence-corrected chi connectivity index (χ0v) is 14.4. The van der Waals surface area contributed by atoms with Gasteiger partial charge in [0.15, 0.2) is 0 Å². The van der Waals surface area contributed by atoms with Gasteiger partial charge in [-0.15, -0.1) is 0 Å². The SMILES string of the molecule is O=C(NC[C@H]1CCCO1)c1ccc(Cl)c(N2C(=O)CCS2(=O)=O)c1. The molecule has 1 N–H and O–H groups in total. The Kier molecular flexibility index (Phi) is 4.80. The highest BCUT2D eigenvalue weighted by molar-refractivity contribution is 7.94. The van der Waals surface area contributed by atoms with Crippen molar-refractivity contribution in [3.05, 3.63) is 28.8 Å². The quantitative estimate of drug-likeness (QED) is 0.860. The standard InChI is InChI=1S/C15H17ClN2O5S/c16-12-4-3-10(15(20)17-9-11-2-1-6-23-11)8-13(12)18-14(19)5-7-24(18,21)22/h3-4,8,11H,1-2,5-7,9H2,(H,17,20)/t11-/m1/s1. The van der Waals surface area contributed by atoms with Gasteiger partial charge in [-0.3, -0.25) is 9.59 Å². The fraction of sp³-hybridized carbons (Fsp3) is 0.467. The first-order valence-corrected chi connectivity index (χ1v) is 9.62. The van der Waals surface area contributed by atoms with Crippen LogP contribution in [-0.4, -0.2) is 45.2 Å². The maximum atomic E-state index is 12.3. The van der Waals surface area contributed by atoms with Gasteiger partial charge in [0.05, 0.1) is 22.6 Å². The monoisotopic (exact) mass is 372 g/mol. The van der Waals surface area contributed by atoms with E-state index in [-0.39, 0.29) is 40.5 Å². The Hall–Kier alpha value is -1.64. The number of carbonyl (C=O) groups excluding carboxylic acids is 2. The van der Waals surface area contributed by atoms with Crippen molar-refractivity contribution >= 4 is 39.1 Å². The van der Waals surface area contributed by atoms with E-state index in [2.05, 4.69) is 5.32 Å². The van der Waals surface area contributed by atoms with E-state index < -0.39 is 15.9 Å². The number of nitrogens with one attached hydrogen (secondary N) is 1. The van der Waals surface area contributed by atoms with Crippen LogP contribution in [0.1, 0.15) is 29.6 Å². The number of amides is 2. The van der Waals surface area contributed by atoms with E-state index in [0.717, 1.165) is 12.8 Å². The van der Waals surface area contributed by atoms with Gasteiger partial charge in [0.25, 0.3) is 5.91 Å². The normalized spacial score (nSPS) is 22.8. The molecule has 2 aliphatic heterocycles. The summed E-state index contributed by atoms with van der Waals surface area (Å²) in [6, 6.07) is 4.23. The molecule has 2 fully saturated rings. The predicted molar refractivity (Wildman–Crippen MR) is 88.6 cm³/mol. The first-order chi connectivity index (χ1) is 11.4. The first-order valence-electron chi connectivity index (χ1n) is 7.64. The van der Waals surface area contributed by atoms with Gasteiger partial charge in [-0.25, -0.2) is 12.7 Å². The molecule has 9 heteroatoms. The molecule has 2 aliphatic rings. The van der Waals surface area contributed by atoms with Gasteiger partial charge in [0, 0.05) is 25.1 Å². The molecule has 1 atom stereocenters. The van der Waals surface area contributed by atoms with E-state index in [1.54, 1.807) is 0 Å². The van der Waals surface area contributed by atoms with Crippen molar-refractivity contribution in [3.63, 3.8) is 0 Å². The minimum atomic E-state index is -3.73. The van der Waals surface area contributed by atoms with Gasteiger partial charge >= 0.3 is 0 Å². The number of hydrogen-bond donors (Lipinski definition) is 1. The number of sulfonamides is 1. The third kappa shape index (κ3) is 3.40. The Morgan fingerprint density at radius 2 is 2.21 bits per heavy atom. The number of carbonyl (C=O) groups is 2. The highest BCUT2D eigenvalue weighted by Crippen LogP contribution is 2.32. The average Bonchev–Trinajstić information content (AvgIpc) is 3.14. The lowest BCUT2D eigenvalue weighted by Gasteiger charge is -2.17. The number of halogens is 1. The summed E-state index contributed by atoms with van der Waals surface area (Å²) in [6.45, 7) is 1.08. The number of ether oxygens (including phenoxy) is 1. The summed E-state index contributed by atoms with van der Waals surface area (Å²) >= 11 is 6.04.